The van der Waals surface area contributed by atoms with E-state index in [9.17, 15) is 0 Å². The lowest BCUT2D eigenvalue weighted by Crippen LogP contribution is -2.26. The maximum absolute atomic E-state index is 5.42. The van der Waals surface area contributed by atoms with Crippen molar-refractivity contribution in [2.24, 2.45) is 7.05 Å². The first-order valence-electron chi connectivity index (χ1n) is 7.07. The molecule has 2 unspecified atom stereocenters. The molecule has 3 heteroatoms. The number of hydrogen-bond donors (Lipinski definition) is 1. The zero-order valence-electron chi connectivity index (χ0n) is 11.7. The normalized spacial score (nSPS) is 23.3. The molecule has 0 saturated heterocycles. The second-order valence-electron chi connectivity index (χ2n) is 5.53. The minimum Gasteiger partial charge on any atom is -0.381 e. The lowest BCUT2D eigenvalue weighted by atomic mass is 10.1. The van der Waals surface area contributed by atoms with E-state index >= 15 is 0 Å². The molecule has 0 aliphatic heterocycles. The van der Waals surface area contributed by atoms with Crippen molar-refractivity contribution in [3.8, 4) is 0 Å². The largest absolute Gasteiger partial charge is 0.381 e. The number of para-hydroxylation sites is 1. The van der Waals surface area contributed by atoms with E-state index in [0.29, 0.717) is 12.1 Å². The summed E-state index contributed by atoms with van der Waals surface area (Å²) in [6.45, 7) is 0.947. The summed E-state index contributed by atoms with van der Waals surface area (Å²) in [6.07, 6.45) is 6.24. The van der Waals surface area contributed by atoms with E-state index in [4.69, 9.17) is 4.74 Å². The van der Waals surface area contributed by atoms with E-state index < -0.39 is 0 Å². The van der Waals surface area contributed by atoms with Gasteiger partial charge in [-0.3, -0.25) is 0 Å². The minimum absolute atomic E-state index is 0.449. The number of benzene rings is 1. The van der Waals surface area contributed by atoms with Crippen LogP contribution in [-0.4, -0.2) is 23.8 Å². The Morgan fingerprint density at radius 3 is 2.95 bits per heavy atom. The summed E-state index contributed by atoms with van der Waals surface area (Å²) in [7, 11) is 3.93. The van der Waals surface area contributed by atoms with Crippen LogP contribution in [0.5, 0.6) is 0 Å². The maximum Gasteiger partial charge on any atom is 0.0586 e. The molecule has 2 aromatic rings. The van der Waals surface area contributed by atoms with Crippen LogP contribution in [0.3, 0.4) is 0 Å². The Balaban J connectivity index is 1.69. The van der Waals surface area contributed by atoms with Gasteiger partial charge in [0.2, 0.25) is 0 Å². The standard InChI is InChI=1S/C16H22N2O/c1-18-11-12(15-5-3-4-6-16(15)18)10-17-13-7-8-14(9-13)19-2/h3-6,11,13-14,17H,7-10H2,1-2H3. The van der Waals surface area contributed by atoms with Crippen LogP contribution < -0.4 is 5.32 Å². The van der Waals surface area contributed by atoms with Crippen LogP contribution >= 0.6 is 0 Å². The fraction of sp³-hybridized carbons (Fsp3) is 0.500. The molecule has 19 heavy (non-hydrogen) atoms. The van der Waals surface area contributed by atoms with Crippen molar-refractivity contribution in [3.63, 3.8) is 0 Å². The van der Waals surface area contributed by atoms with E-state index in [1.54, 1.807) is 0 Å². The summed E-state index contributed by atoms with van der Waals surface area (Å²) in [4.78, 5) is 0. The van der Waals surface area contributed by atoms with Crippen molar-refractivity contribution >= 4 is 10.9 Å². The third kappa shape index (κ3) is 2.53. The van der Waals surface area contributed by atoms with Crippen LogP contribution in [0.15, 0.2) is 30.5 Å². The smallest absolute Gasteiger partial charge is 0.0586 e. The molecule has 2 atom stereocenters. The molecule has 0 radical (unpaired) electrons. The second kappa shape index (κ2) is 5.35. The molecular weight excluding hydrogens is 236 g/mol. The number of fused-ring (bicyclic) bond motifs is 1. The molecule has 1 aliphatic rings. The first-order valence-corrected chi connectivity index (χ1v) is 7.07. The van der Waals surface area contributed by atoms with Crippen molar-refractivity contribution in [1.29, 1.82) is 0 Å². The van der Waals surface area contributed by atoms with E-state index in [0.717, 1.165) is 13.0 Å². The van der Waals surface area contributed by atoms with Gasteiger partial charge in [0, 0.05) is 43.8 Å². The SMILES string of the molecule is COC1CCC(NCc2cn(C)c3ccccc23)C1. The van der Waals surface area contributed by atoms with Crippen molar-refractivity contribution in [2.75, 3.05) is 7.11 Å². The molecule has 1 N–H and O–H groups in total. The number of ether oxygens (including phenoxy) is 1. The van der Waals surface area contributed by atoms with Gasteiger partial charge in [-0.05, 0) is 30.9 Å². The monoisotopic (exact) mass is 258 g/mol. The highest BCUT2D eigenvalue weighted by atomic mass is 16.5. The highest BCUT2D eigenvalue weighted by molar-refractivity contribution is 5.83. The van der Waals surface area contributed by atoms with Gasteiger partial charge in [-0.25, -0.2) is 0 Å². The summed E-state index contributed by atoms with van der Waals surface area (Å²) < 4.78 is 7.63. The van der Waals surface area contributed by atoms with E-state index in [1.807, 2.05) is 7.11 Å². The van der Waals surface area contributed by atoms with E-state index in [-0.39, 0.29) is 0 Å². The van der Waals surface area contributed by atoms with Gasteiger partial charge in [0.1, 0.15) is 0 Å². The molecule has 1 aliphatic carbocycles. The number of nitrogens with one attached hydrogen (secondary N) is 1. The number of hydrogen-bond acceptors (Lipinski definition) is 2. The fourth-order valence-corrected chi connectivity index (χ4v) is 3.16. The molecule has 0 bridgehead atoms. The van der Waals surface area contributed by atoms with Crippen LogP contribution in [0, 0.1) is 0 Å². The average molecular weight is 258 g/mol. The van der Waals surface area contributed by atoms with Crippen LogP contribution in [0.4, 0.5) is 0 Å². The lowest BCUT2D eigenvalue weighted by molar-refractivity contribution is 0.107. The fourth-order valence-electron chi connectivity index (χ4n) is 3.16. The number of methoxy groups -OCH3 is 1. The molecule has 1 aromatic heterocycles. The van der Waals surface area contributed by atoms with Crippen molar-refractivity contribution in [3.05, 3.63) is 36.0 Å². The summed E-state index contributed by atoms with van der Waals surface area (Å²) in [5.74, 6) is 0. The Hall–Kier alpha value is -1.32. The van der Waals surface area contributed by atoms with Gasteiger partial charge in [-0.15, -0.1) is 0 Å². The number of rotatable bonds is 4. The molecule has 0 amide bonds. The van der Waals surface area contributed by atoms with Gasteiger partial charge in [0.05, 0.1) is 6.10 Å². The first-order chi connectivity index (χ1) is 9.28. The second-order valence-corrected chi connectivity index (χ2v) is 5.53. The molecule has 3 nitrogen and oxygen atoms in total. The lowest BCUT2D eigenvalue weighted by Gasteiger charge is -2.12. The Kier molecular flexibility index (Phi) is 3.58. The first kappa shape index (κ1) is 12.7. The van der Waals surface area contributed by atoms with Crippen LogP contribution in [0.25, 0.3) is 10.9 Å². The highest BCUT2D eigenvalue weighted by Gasteiger charge is 2.23. The number of nitrogens with zero attached hydrogens (tertiary/aromatic N) is 1. The van der Waals surface area contributed by atoms with Gasteiger partial charge < -0.3 is 14.6 Å². The molecule has 1 aromatic carbocycles. The Morgan fingerprint density at radius 2 is 2.16 bits per heavy atom. The minimum atomic E-state index is 0.449. The van der Waals surface area contributed by atoms with E-state index in [2.05, 4.69) is 47.4 Å². The molecule has 102 valence electrons. The van der Waals surface area contributed by atoms with Gasteiger partial charge in [-0.1, -0.05) is 18.2 Å². The number of aromatic nitrogens is 1. The van der Waals surface area contributed by atoms with Crippen LogP contribution in [-0.2, 0) is 18.3 Å². The third-order valence-electron chi connectivity index (χ3n) is 4.28. The van der Waals surface area contributed by atoms with Gasteiger partial charge in [-0.2, -0.15) is 0 Å². The van der Waals surface area contributed by atoms with Gasteiger partial charge in [0.25, 0.3) is 0 Å². The molecule has 1 fully saturated rings. The third-order valence-corrected chi connectivity index (χ3v) is 4.28. The maximum atomic E-state index is 5.42. The zero-order chi connectivity index (χ0) is 13.2. The quantitative estimate of drug-likeness (QED) is 0.912. The van der Waals surface area contributed by atoms with Crippen molar-refractivity contribution in [1.82, 2.24) is 9.88 Å². The molecular formula is C16H22N2O. The Bertz CT molecular complexity index is 561. The molecule has 0 spiro atoms. The van der Waals surface area contributed by atoms with Crippen LogP contribution in [0.1, 0.15) is 24.8 Å². The topological polar surface area (TPSA) is 26.2 Å². The predicted molar refractivity (Wildman–Crippen MR) is 78.2 cm³/mol. The van der Waals surface area contributed by atoms with Gasteiger partial charge >= 0.3 is 0 Å². The number of aryl methyl sites for hydroxylation is 1. The highest BCUT2D eigenvalue weighted by Crippen LogP contribution is 2.24. The Labute approximate surface area is 114 Å². The molecule has 1 saturated carbocycles. The van der Waals surface area contributed by atoms with E-state index in [1.165, 1.54) is 29.3 Å². The summed E-state index contributed by atoms with van der Waals surface area (Å²) in [5.41, 5.74) is 2.69. The molecule has 3 rings (SSSR count). The summed E-state index contributed by atoms with van der Waals surface area (Å²) >= 11 is 0. The van der Waals surface area contributed by atoms with Gasteiger partial charge in [0.15, 0.2) is 0 Å². The predicted octanol–water partition coefficient (Wildman–Crippen LogP) is 2.84. The Morgan fingerprint density at radius 1 is 1.32 bits per heavy atom. The average Bonchev–Trinajstić information content (AvgIpc) is 3.02. The van der Waals surface area contributed by atoms with Crippen molar-refractivity contribution in [2.45, 2.75) is 38.0 Å². The summed E-state index contributed by atoms with van der Waals surface area (Å²) in [5, 5.41) is 5.03. The zero-order valence-corrected chi connectivity index (χ0v) is 11.7. The van der Waals surface area contributed by atoms with Crippen LogP contribution in [0.2, 0.25) is 0 Å². The van der Waals surface area contributed by atoms with Crippen molar-refractivity contribution < 1.29 is 4.74 Å². The molecule has 1 heterocycles. The summed E-state index contributed by atoms with van der Waals surface area (Å²) in [6, 6.07) is 9.19.